The van der Waals surface area contributed by atoms with Crippen LogP contribution in [0.25, 0.3) is 88.4 Å². The Morgan fingerprint density at radius 1 is 0.370 bits per heavy atom. The van der Waals surface area contributed by atoms with Gasteiger partial charge >= 0.3 is 0 Å². The van der Waals surface area contributed by atoms with Crippen LogP contribution in [0.5, 0.6) is 0 Å². The van der Waals surface area contributed by atoms with Crippen LogP contribution in [0.3, 0.4) is 0 Å². The maximum atomic E-state index is 5.16. The van der Waals surface area contributed by atoms with E-state index in [2.05, 4.69) is 175 Å². The average molecular weight is 687 g/mol. The standard InChI is InChI=1S/C52H34N2/c1-3-10-35(11-4-1)45-32-44(48(39-12-5-2-6-13-39)50-43-18-8-15-38-14-7-17-42(47(38)43)49(45)50)36-23-19-33(20-24-36)34-21-25-37(26-22-34)46-30-29-41-28-27-40-16-9-31-53-51(40)52(41)54-46/h1-28,31-32H,29-30H2. The first-order chi connectivity index (χ1) is 26.8. The summed E-state index contributed by atoms with van der Waals surface area (Å²) in [6.07, 6.45) is 3.76. The van der Waals surface area contributed by atoms with Crippen molar-refractivity contribution in [2.75, 3.05) is 0 Å². The van der Waals surface area contributed by atoms with E-state index < -0.39 is 0 Å². The lowest BCUT2D eigenvalue weighted by Gasteiger charge is -2.21. The Balaban J connectivity index is 1.02. The minimum atomic E-state index is 0.925. The topological polar surface area (TPSA) is 25.2 Å². The van der Waals surface area contributed by atoms with Crippen LogP contribution in [0.1, 0.15) is 17.5 Å². The maximum absolute atomic E-state index is 5.16. The molecule has 252 valence electrons. The lowest BCUT2D eigenvalue weighted by Crippen LogP contribution is -2.08. The molecule has 1 aromatic heterocycles. The van der Waals surface area contributed by atoms with Crippen LogP contribution in [0.2, 0.25) is 0 Å². The minimum Gasteiger partial charge on any atom is -0.254 e. The van der Waals surface area contributed by atoms with Crippen molar-refractivity contribution >= 4 is 33.1 Å². The summed E-state index contributed by atoms with van der Waals surface area (Å²) in [6, 6.07) is 64.3. The largest absolute Gasteiger partial charge is 0.254 e. The zero-order valence-electron chi connectivity index (χ0n) is 29.6. The number of aromatic nitrogens is 1. The number of hydrogen-bond acceptors (Lipinski definition) is 2. The quantitative estimate of drug-likeness (QED) is 0.177. The van der Waals surface area contributed by atoms with E-state index in [0.717, 1.165) is 35.1 Å². The molecule has 0 unspecified atom stereocenters. The van der Waals surface area contributed by atoms with Crippen molar-refractivity contribution in [3.63, 3.8) is 0 Å². The van der Waals surface area contributed by atoms with Gasteiger partial charge in [-0.05, 0) is 114 Å². The van der Waals surface area contributed by atoms with E-state index in [4.69, 9.17) is 4.99 Å². The fourth-order valence-electron chi connectivity index (χ4n) is 8.82. The number of aliphatic imine (C=N–C) groups is 1. The third-order valence-corrected chi connectivity index (χ3v) is 11.4. The second-order valence-corrected chi connectivity index (χ2v) is 14.4. The predicted molar refractivity (Wildman–Crippen MR) is 226 cm³/mol. The van der Waals surface area contributed by atoms with Gasteiger partial charge in [-0.3, -0.25) is 9.98 Å². The summed E-state index contributed by atoms with van der Waals surface area (Å²) in [5.41, 5.74) is 20.7. The maximum Gasteiger partial charge on any atom is 0.0961 e. The normalized spacial score (nSPS) is 12.8. The van der Waals surface area contributed by atoms with Gasteiger partial charge in [-0.2, -0.15) is 0 Å². The van der Waals surface area contributed by atoms with Gasteiger partial charge in [-0.1, -0.05) is 164 Å². The average Bonchev–Trinajstić information content (AvgIpc) is 3.59. The molecule has 0 amide bonds. The molecule has 1 aliphatic carbocycles. The molecule has 2 heterocycles. The molecular weight excluding hydrogens is 653 g/mol. The summed E-state index contributed by atoms with van der Waals surface area (Å²) in [6.45, 7) is 0. The highest BCUT2D eigenvalue weighted by Crippen LogP contribution is 2.57. The van der Waals surface area contributed by atoms with E-state index in [0.29, 0.717) is 0 Å². The highest BCUT2D eigenvalue weighted by atomic mass is 14.8. The van der Waals surface area contributed by atoms with Crippen LogP contribution in [-0.4, -0.2) is 10.7 Å². The zero-order chi connectivity index (χ0) is 35.6. The molecule has 0 bridgehead atoms. The van der Waals surface area contributed by atoms with Crippen LogP contribution in [0.4, 0.5) is 5.69 Å². The molecule has 0 spiro atoms. The Labute approximate surface area is 314 Å². The Morgan fingerprint density at radius 2 is 0.963 bits per heavy atom. The van der Waals surface area contributed by atoms with Crippen molar-refractivity contribution in [2.45, 2.75) is 12.8 Å². The number of hydrogen-bond donors (Lipinski definition) is 0. The number of benzene rings is 8. The number of rotatable bonds is 5. The van der Waals surface area contributed by atoms with Gasteiger partial charge in [0.2, 0.25) is 0 Å². The number of nitrogens with zero attached hydrogens (tertiary/aromatic N) is 2. The highest BCUT2D eigenvalue weighted by molar-refractivity contribution is 6.22. The van der Waals surface area contributed by atoms with Crippen molar-refractivity contribution in [2.24, 2.45) is 4.99 Å². The molecule has 1 aliphatic heterocycles. The third kappa shape index (κ3) is 4.88. The first-order valence-electron chi connectivity index (χ1n) is 18.8. The first-order valence-corrected chi connectivity index (χ1v) is 18.8. The van der Waals surface area contributed by atoms with Crippen molar-refractivity contribution < 1.29 is 0 Å². The van der Waals surface area contributed by atoms with Crippen LogP contribution >= 0.6 is 0 Å². The number of aryl methyl sites for hydroxylation is 1. The fourth-order valence-corrected chi connectivity index (χ4v) is 8.82. The van der Waals surface area contributed by atoms with E-state index in [1.54, 1.807) is 0 Å². The van der Waals surface area contributed by atoms with Gasteiger partial charge in [0, 0.05) is 17.3 Å². The molecule has 0 saturated heterocycles. The lowest BCUT2D eigenvalue weighted by molar-refractivity contribution is 1.01. The van der Waals surface area contributed by atoms with Gasteiger partial charge in [0.25, 0.3) is 0 Å². The summed E-state index contributed by atoms with van der Waals surface area (Å²) >= 11 is 0. The zero-order valence-corrected chi connectivity index (χ0v) is 29.6. The highest BCUT2D eigenvalue weighted by Gasteiger charge is 2.30. The van der Waals surface area contributed by atoms with Gasteiger partial charge in [0.15, 0.2) is 0 Å². The van der Waals surface area contributed by atoms with E-state index in [-0.39, 0.29) is 0 Å². The van der Waals surface area contributed by atoms with E-state index in [9.17, 15) is 0 Å². The van der Waals surface area contributed by atoms with Crippen molar-refractivity contribution in [3.8, 4) is 66.8 Å². The second kappa shape index (κ2) is 12.4. The first kappa shape index (κ1) is 30.7. The van der Waals surface area contributed by atoms with Crippen molar-refractivity contribution in [1.29, 1.82) is 0 Å². The van der Waals surface area contributed by atoms with Crippen LogP contribution in [0.15, 0.2) is 187 Å². The van der Waals surface area contributed by atoms with Gasteiger partial charge in [0.05, 0.1) is 11.2 Å². The van der Waals surface area contributed by atoms with Crippen LogP contribution in [0, 0.1) is 0 Å². The van der Waals surface area contributed by atoms with Crippen molar-refractivity contribution in [1.82, 2.24) is 4.98 Å². The van der Waals surface area contributed by atoms with Crippen molar-refractivity contribution in [3.05, 3.63) is 193 Å². The molecule has 9 aromatic rings. The van der Waals surface area contributed by atoms with Gasteiger partial charge in [0.1, 0.15) is 0 Å². The minimum absolute atomic E-state index is 0.925. The molecule has 8 aromatic carbocycles. The number of fused-ring (bicyclic) bond motifs is 6. The molecule has 2 nitrogen and oxygen atoms in total. The molecule has 0 fully saturated rings. The molecule has 0 N–H and O–H groups in total. The van der Waals surface area contributed by atoms with Crippen LogP contribution < -0.4 is 0 Å². The van der Waals surface area contributed by atoms with E-state index >= 15 is 0 Å². The molecule has 0 atom stereocenters. The summed E-state index contributed by atoms with van der Waals surface area (Å²) in [5, 5.41) is 3.75. The van der Waals surface area contributed by atoms with Crippen LogP contribution in [-0.2, 0) is 6.42 Å². The summed E-state index contributed by atoms with van der Waals surface area (Å²) in [5.74, 6) is 0. The van der Waals surface area contributed by atoms with Gasteiger partial charge < -0.3 is 0 Å². The van der Waals surface area contributed by atoms with Gasteiger partial charge in [-0.25, -0.2) is 0 Å². The molecule has 2 aliphatic rings. The monoisotopic (exact) mass is 686 g/mol. The smallest absolute Gasteiger partial charge is 0.0961 e. The van der Waals surface area contributed by atoms with E-state index in [1.807, 2.05) is 12.3 Å². The SMILES string of the molecule is c1ccc(-c2cc(-c3ccc(-c4ccc(C5=Nc6c(ccc7cccnc67)CC5)cc4)cc3)c(-c3ccccc3)c3c2-c2cccc4cccc-3c24)cc1. The predicted octanol–water partition coefficient (Wildman–Crippen LogP) is 13.8. The fraction of sp³-hybridized carbons (Fsp3) is 0.0385. The third-order valence-electron chi connectivity index (χ3n) is 11.4. The Bertz CT molecular complexity index is 2940. The Morgan fingerprint density at radius 3 is 1.69 bits per heavy atom. The summed E-state index contributed by atoms with van der Waals surface area (Å²) < 4.78 is 0. The molecule has 11 rings (SSSR count). The summed E-state index contributed by atoms with van der Waals surface area (Å²) in [4.78, 5) is 9.83. The van der Waals surface area contributed by atoms with Gasteiger partial charge in [-0.15, -0.1) is 0 Å². The molecule has 0 radical (unpaired) electrons. The van der Waals surface area contributed by atoms with E-state index in [1.165, 1.54) is 88.7 Å². The Kier molecular flexibility index (Phi) is 7.03. The second-order valence-electron chi connectivity index (χ2n) is 14.4. The number of pyridine rings is 1. The summed E-state index contributed by atoms with van der Waals surface area (Å²) in [7, 11) is 0. The molecule has 54 heavy (non-hydrogen) atoms. The molecule has 0 saturated carbocycles. The molecular formula is C52H34N2. The lowest BCUT2D eigenvalue weighted by atomic mass is 9.82. The molecule has 2 heteroatoms. The Hall–Kier alpha value is -6.90.